The predicted molar refractivity (Wildman–Crippen MR) is 71.2 cm³/mol. The minimum atomic E-state index is -0.189. The van der Waals surface area contributed by atoms with Crippen molar-refractivity contribution in [2.45, 2.75) is 25.3 Å². The highest BCUT2D eigenvalue weighted by molar-refractivity contribution is 5.22. The van der Waals surface area contributed by atoms with Crippen molar-refractivity contribution in [3.8, 4) is 0 Å². The molecule has 0 unspecified atom stereocenters. The summed E-state index contributed by atoms with van der Waals surface area (Å²) in [5.41, 5.74) is 2.44. The van der Waals surface area contributed by atoms with Crippen LogP contribution in [0, 0.1) is 5.82 Å². The lowest BCUT2D eigenvalue weighted by molar-refractivity contribution is 0.610. The molecule has 1 aliphatic heterocycles. The molecule has 1 saturated heterocycles. The van der Waals surface area contributed by atoms with Crippen LogP contribution < -0.4 is 5.32 Å². The normalized spacial score (nSPS) is 18.7. The maximum absolute atomic E-state index is 13.5. The fourth-order valence-electron chi connectivity index (χ4n) is 2.41. The Hall–Kier alpha value is -1.81. The van der Waals surface area contributed by atoms with Gasteiger partial charge in [-0.1, -0.05) is 18.2 Å². The first-order valence-electron chi connectivity index (χ1n) is 6.60. The monoisotopic (exact) mass is 257 g/mol. The molecule has 0 aliphatic carbocycles. The van der Waals surface area contributed by atoms with Crippen molar-refractivity contribution in [2.24, 2.45) is 0 Å². The van der Waals surface area contributed by atoms with Gasteiger partial charge in [-0.15, -0.1) is 0 Å². The van der Waals surface area contributed by atoms with Crippen LogP contribution in [0.5, 0.6) is 0 Å². The zero-order valence-electron chi connectivity index (χ0n) is 10.6. The van der Waals surface area contributed by atoms with E-state index in [1.807, 2.05) is 6.07 Å². The van der Waals surface area contributed by atoms with Crippen molar-refractivity contribution in [1.29, 1.82) is 0 Å². The Balaban J connectivity index is 1.74. The molecule has 1 N–H and O–H groups in total. The molecule has 1 atom stereocenters. The van der Waals surface area contributed by atoms with Gasteiger partial charge in [0.25, 0.3) is 0 Å². The molecule has 1 aromatic carbocycles. The summed E-state index contributed by atoms with van der Waals surface area (Å²) in [6.07, 6.45) is 6.34. The van der Waals surface area contributed by atoms with Crippen LogP contribution in [0.1, 0.15) is 35.8 Å². The molecule has 1 aliphatic rings. The van der Waals surface area contributed by atoms with E-state index in [4.69, 9.17) is 0 Å². The van der Waals surface area contributed by atoms with E-state index in [2.05, 4.69) is 15.3 Å². The third kappa shape index (κ3) is 2.79. The average molecular weight is 257 g/mol. The van der Waals surface area contributed by atoms with Crippen molar-refractivity contribution in [3.63, 3.8) is 0 Å². The molecule has 1 fully saturated rings. The van der Waals surface area contributed by atoms with Gasteiger partial charge in [-0.05, 0) is 31.0 Å². The predicted octanol–water partition coefficient (Wildman–Crippen LogP) is 2.63. The van der Waals surface area contributed by atoms with E-state index in [0.29, 0.717) is 18.0 Å². The maximum Gasteiger partial charge on any atom is 0.126 e. The van der Waals surface area contributed by atoms with E-state index in [-0.39, 0.29) is 5.82 Å². The van der Waals surface area contributed by atoms with Gasteiger partial charge in [0, 0.05) is 12.6 Å². The van der Waals surface area contributed by atoms with Crippen molar-refractivity contribution in [3.05, 3.63) is 59.4 Å². The van der Waals surface area contributed by atoms with Gasteiger partial charge < -0.3 is 5.32 Å². The molecule has 0 amide bonds. The Morgan fingerprint density at radius 3 is 2.79 bits per heavy atom. The highest BCUT2D eigenvalue weighted by Gasteiger charge is 2.17. The third-order valence-corrected chi connectivity index (χ3v) is 3.47. The molecule has 1 aromatic heterocycles. The second kappa shape index (κ2) is 5.45. The van der Waals surface area contributed by atoms with E-state index in [0.717, 1.165) is 24.4 Å². The number of halogens is 1. The van der Waals surface area contributed by atoms with E-state index in [1.165, 1.54) is 12.5 Å². The van der Waals surface area contributed by atoms with Crippen LogP contribution in [0.2, 0.25) is 0 Å². The molecule has 2 aromatic rings. The molecule has 0 bridgehead atoms. The maximum atomic E-state index is 13.5. The summed E-state index contributed by atoms with van der Waals surface area (Å²) in [4.78, 5) is 8.83. The second-order valence-corrected chi connectivity index (χ2v) is 4.85. The van der Waals surface area contributed by atoms with Gasteiger partial charge in [0.1, 0.15) is 5.82 Å². The van der Waals surface area contributed by atoms with Crippen molar-refractivity contribution in [2.75, 3.05) is 6.54 Å². The molecule has 0 saturated carbocycles. The van der Waals surface area contributed by atoms with Crippen LogP contribution in [-0.2, 0) is 6.42 Å². The van der Waals surface area contributed by atoms with Crippen LogP contribution >= 0.6 is 0 Å². The van der Waals surface area contributed by atoms with Crippen LogP contribution in [0.3, 0.4) is 0 Å². The van der Waals surface area contributed by atoms with Crippen LogP contribution in [0.4, 0.5) is 4.39 Å². The minimum Gasteiger partial charge on any atom is -0.309 e. The average Bonchev–Trinajstić information content (AvgIpc) is 2.96. The Kier molecular flexibility index (Phi) is 3.51. The van der Waals surface area contributed by atoms with Crippen molar-refractivity contribution >= 4 is 0 Å². The highest BCUT2D eigenvalue weighted by Crippen LogP contribution is 2.20. The lowest BCUT2D eigenvalue weighted by Gasteiger charge is -2.09. The molecular weight excluding hydrogens is 241 g/mol. The summed E-state index contributed by atoms with van der Waals surface area (Å²) in [6.45, 7) is 1.04. The van der Waals surface area contributed by atoms with Crippen LogP contribution in [0.25, 0.3) is 0 Å². The fourth-order valence-corrected chi connectivity index (χ4v) is 2.41. The first kappa shape index (κ1) is 12.2. The van der Waals surface area contributed by atoms with Crippen LogP contribution in [0.15, 0.2) is 36.7 Å². The van der Waals surface area contributed by atoms with Gasteiger partial charge >= 0.3 is 0 Å². The Morgan fingerprint density at radius 2 is 2.11 bits per heavy atom. The first-order chi connectivity index (χ1) is 9.33. The molecule has 0 spiro atoms. The van der Waals surface area contributed by atoms with Gasteiger partial charge in [0.2, 0.25) is 0 Å². The summed E-state index contributed by atoms with van der Waals surface area (Å²) < 4.78 is 13.5. The third-order valence-electron chi connectivity index (χ3n) is 3.47. The van der Waals surface area contributed by atoms with E-state index in [1.54, 1.807) is 24.5 Å². The zero-order valence-corrected chi connectivity index (χ0v) is 10.6. The molecule has 3 nitrogen and oxygen atoms in total. The fraction of sp³-hybridized carbons (Fsp3) is 0.333. The quantitative estimate of drug-likeness (QED) is 0.918. The molecule has 2 heterocycles. The standard InChI is InChI=1S/C15H16FN3/c16-13-5-2-1-4-11(13)8-12-9-19-15(10-18-12)14-6-3-7-17-14/h1-2,4-5,9-10,14,17H,3,6-8H2/t14-/m0/s1. The number of nitrogens with zero attached hydrogens (tertiary/aromatic N) is 2. The SMILES string of the molecule is Fc1ccccc1Cc1cnc([C@@H]2CCCN2)cn1. The smallest absolute Gasteiger partial charge is 0.126 e. The van der Waals surface area contributed by atoms with Gasteiger partial charge in [-0.2, -0.15) is 0 Å². The van der Waals surface area contributed by atoms with E-state index >= 15 is 0 Å². The summed E-state index contributed by atoms with van der Waals surface area (Å²) in [6, 6.07) is 7.11. The summed E-state index contributed by atoms with van der Waals surface area (Å²) in [7, 11) is 0. The van der Waals surface area contributed by atoms with Gasteiger partial charge in [0.05, 0.1) is 23.6 Å². The lowest BCUT2D eigenvalue weighted by atomic mass is 10.1. The van der Waals surface area contributed by atoms with E-state index < -0.39 is 0 Å². The van der Waals surface area contributed by atoms with Gasteiger partial charge in [-0.3, -0.25) is 9.97 Å². The first-order valence-corrected chi connectivity index (χ1v) is 6.60. The van der Waals surface area contributed by atoms with Gasteiger partial charge in [-0.25, -0.2) is 4.39 Å². The number of nitrogens with one attached hydrogen (secondary N) is 1. The minimum absolute atomic E-state index is 0.189. The Labute approximate surface area is 111 Å². The Morgan fingerprint density at radius 1 is 1.21 bits per heavy atom. The Bertz CT molecular complexity index is 548. The number of aromatic nitrogens is 2. The molecule has 98 valence electrons. The number of benzene rings is 1. The van der Waals surface area contributed by atoms with Crippen molar-refractivity contribution < 1.29 is 4.39 Å². The molecular formula is C15H16FN3. The number of hydrogen-bond acceptors (Lipinski definition) is 3. The summed E-state index contributed by atoms with van der Waals surface area (Å²) >= 11 is 0. The van der Waals surface area contributed by atoms with Crippen LogP contribution in [-0.4, -0.2) is 16.5 Å². The lowest BCUT2D eigenvalue weighted by Crippen LogP contribution is -2.14. The molecule has 3 rings (SSSR count). The molecule has 4 heteroatoms. The molecule has 0 radical (unpaired) electrons. The topological polar surface area (TPSA) is 37.8 Å². The second-order valence-electron chi connectivity index (χ2n) is 4.85. The number of hydrogen-bond donors (Lipinski definition) is 1. The van der Waals surface area contributed by atoms with Gasteiger partial charge in [0.15, 0.2) is 0 Å². The zero-order chi connectivity index (χ0) is 13.1. The summed E-state index contributed by atoms with van der Waals surface area (Å²) in [5.74, 6) is -0.189. The summed E-state index contributed by atoms with van der Waals surface area (Å²) in [5, 5.41) is 3.39. The highest BCUT2D eigenvalue weighted by atomic mass is 19.1. The van der Waals surface area contributed by atoms with E-state index in [9.17, 15) is 4.39 Å². The van der Waals surface area contributed by atoms with Crippen molar-refractivity contribution in [1.82, 2.24) is 15.3 Å². The largest absolute Gasteiger partial charge is 0.309 e. The number of rotatable bonds is 3. The molecule has 19 heavy (non-hydrogen) atoms.